The molecule has 10 heteroatoms. The van der Waals surface area contributed by atoms with Gasteiger partial charge in [0.2, 0.25) is 0 Å². The topological polar surface area (TPSA) is 111 Å². The summed E-state index contributed by atoms with van der Waals surface area (Å²) in [7, 11) is 0. The maximum absolute atomic E-state index is 11.6. The van der Waals surface area contributed by atoms with Crippen LogP contribution in [0.4, 0.5) is 5.82 Å². The quantitative estimate of drug-likeness (QED) is 0.305. The highest BCUT2D eigenvalue weighted by atomic mass is 32.2. The smallest absolute Gasteiger partial charge is 0.396 e. The third-order valence-corrected chi connectivity index (χ3v) is 3.95. The molecule has 0 saturated heterocycles. The average molecular weight is 380 g/mol. The van der Waals surface area contributed by atoms with E-state index in [0.29, 0.717) is 23.3 Å². The van der Waals surface area contributed by atoms with Gasteiger partial charge in [-0.05, 0) is 19.1 Å². The summed E-state index contributed by atoms with van der Waals surface area (Å²) in [6.07, 6.45) is 3.61. The zero-order valence-corrected chi connectivity index (χ0v) is 16.2. The highest BCUT2D eigenvalue weighted by Crippen LogP contribution is 2.23. The number of nitrogens with one attached hydrogen (secondary N) is 2. The highest BCUT2D eigenvalue weighted by Gasteiger charge is 2.15. The first-order valence-corrected chi connectivity index (χ1v) is 9.65. The average Bonchev–Trinajstić information content (AvgIpc) is 3.02. The Morgan fingerprint density at radius 3 is 2.77 bits per heavy atom. The lowest BCUT2D eigenvalue weighted by Crippen LogP contribution is -2.34. The second-order valence-corrected chi connectivity index (χ2v) is 6.69. The van der Waals surface area contributed by atoms with E-state index in [2.05, 4.69) is 44.3 Å². The van der Waals surface area contributed by atoms with Gasteiger partial charge in [-0.15, -0.1) is 0 Å². The highest BCUT2D eigenvalue weighted by molar-refractivity contribution is 7.98. The molecule has 0 spiro atoms. The number of anilines is 1. The van der Waals surface area contributed by atoms with Gasteiger partial charge in [-0.25, -0.2) is 19.4 Å². The fraction of sp³-hybridized carbons (Fsp3) is 0.562. The SMILES string of the molecule is CCOC(=O)C(=O)NCCn1ncc2c(NCC(C)C)nc(SC)nc21. The normalized spacial score (nSPS) is 11.0. The van der Waals surface area contributed by atoms with E-state index in [1.54, 1.807) is 17.8 Å². The van der Waals surface area contributed by atoms with Crippen LogP contribution in [0.1, 0.15) is 20.8 Å². The predicted octanol–water partition coefficient (Wildman–Crippen LogP) is 1.30. The van der Waals surface area contributed by atoms with Crippen molar-refractivity contribution in [3.8, 4) is 0 Å². The van der Waals surface area contributed by atoms with Gasteiger partial charge in [-0.1, -0.05) is 25.6 Å². The Labute approximate surface area is 156 Å². The molecular formula is C16H24N6O3S. The molecule has 0 saturated carbocycles. The molecule has 0 aliphatic rings. The zero-order valence-electron chi connectivity index (χ0n) is 15.4. The van der Waals surface area contributed by atoms with E-state index in [1.165, 1.54) is 11.8 Å². The van der Waals surface area contributed by atoms with Crippen LogP contribution in [0, 0.1) is 5.92 Å². The lowest BCUT2D eigenvalue weighted by atomic mass is 10.2. The van der Waals surface area contributed by atoms with Gasteiger partial charge in [-0.2, -0.15) is 5.10 Å². The van der Waals surface area contributed by atoms with Crippen molar-refractivity contribution in [1.82, 2.24) is 25.1 Å². The molecule has 1 amide bonds. The van der Waals surface area contributed by atoms with Gasteiger partial charge in [0.05, 0.1) is 24.7 Å². The van der Waals surface area contributed by atoms with Crippen LogP contribution in [0.2, 0.25) is 0 Å². The Morgan fingerprint density at radius 2 is 2.12 bits per heavy atom. The molecule has 9 nitrogen and oxygen atoms in total. The number of thioether (sulfide) groups is 1. The molecule has 142 valence electrons. The maximum atomic E-state index is 11.6. The number of carbonyl (C=O) groups is 2. The van der Waals surface area contributed by atoms with Crippen molar-refractivity contribution in [2.75, 3.05) is 31.3 Å². The number of nitrogens with zero attached hydrogens (tertiary/aromatic N) is 4. The summed E-state index contributed by atoms with van der Waals surface area (Å²) >= 11 is 1.45. The van der Waals surface area contributed by atoms with Crippen LogP contribution in [0.15, 0.2) is 11.4 Å². The summed E-state index contributed by atoms with van der Waals surface area (Å²) in [6, 6.07) is 0. The van der Waals surface area contributed by atoms with Crippen LogP contribution in [0.5, 0.6) is 0 Å². The van der Waals surface area contributed by atoms with Gasteiger partial charge < -0.3 is 15.4 Å². The Balaban J connectivity index is 2.12. The molecule has 26 heavy (non-hydrogen) atoms. The third-order valence-electron chi connectivity index (χ3n) is 3.41. The molecule has 0 atom stereocenters. The number of fused-ring (bicyclic) bond motifs is 1. The summed E-state index contributed by atoms with van der Waals surface area (Å²) in [5.74, 6) is -0.423. The fourth-order valence-corrected chi connectivity index (χ4v) is 2.53. The Hall–Kier alpha value is -2.36. The first kappa shape index (κ1) is 20.0. The second kappa shape index (κ2) is 9.37. The molecule has 2 aromatic heterocycles. The molecule has 0 aliphatic carbocycles. The molecule has 2 N–H and O–H groups in total. The monoisotopic (exact) mass is 380 g/mol. The molecule has 0 fully saturated rings. The molecule has 2 aromatic rings. The Kier molecular flexibility index (Phi) is 7.19. The van der Waals surface area contributed by atoms with E-state index >= 15 is 0 Å². The van der Waals surface area contributed by atoms with Crippen molar-refractivity contribution >= 4 is 40.5 Å². The summed E-state index contributed by atoms with van der Waals surface area (Å²) < 4.78 is 6.33. The molecule has 0 unspecified atom stereocenters. The number of hydrogen-bond acceptors (Lipinski definition) is 8. The van der Waals surface area contributed by atoms with Crippen molar-refractivity contribution in [2.24, 2.45) is 5.92 Å². The van der Waals surface area contributed by atoms with Crippen molar-refractivity contribution in [3.63, 3.8) is 0 Å². The van der Waals surface area contributed by atoms with Crippen LogP contribution >= 0.6 is 11.8 Å². The van der Waals surface area contributed by atoms with Gasteiger partial charge in [-0.3, -0.25) is 4.79 Å². The Bertz CT molecular complexity index is 777. The minimum Gasteiger partial charge on any atom is -0.459 e. The Morgan fingerprint density at radius 1 is 1.35 bits per heavy atom. The van der Waals surface area contributed by atoms with Crippen LogP contribution < -0.4 is 10.6 Å². The van der Waals surface area contributed by atoms with Crippen molar-refractivity contribution < 1.29 is 14.3 Å². The van der Waals surface area contributed by atoms with Gasteiger partial charge in [0.25, 0.3) is 0 Å². The summed E-state index contributed by atoms with van der Waals surface area (Å²) in [5, 5.41) is 11.6. The predicted molar refractivity (Wildman–Crippen MR) is 100 cm³/mol. The van der Waals surface area contributed by atoms with E-state index in [4.69, 9.17) is 0 Å². The van der Waals surface area contributed by atoms with Crippen LogP contribution in [-0.2, 0) is 20.9 Å². The van der Waals surface area contributed by atoms with Gasteiger partial charge in [0.15, 0.2) is 10.8 Å². The molecule has 0 radical (unpaired) electrons. The second-order valence-electron chi connectivity index (χ2n) is 5.92. The van der Waals surface area contributed by atoms with E-state index in [9.17, 15) is 9.59 Å². The largest absolute Gasteiger partial charge is 0.459 e. The molecule has 2 rings (SSSR count). The van der Waals surface area contributed by atoms with Crippen LogP contribution in [-0.4, -0.2) is 57.6 Å². The third kappa shape index (κ3) is 5.07. The van der Waals surface area contributed by atoms with Gasteiger partial charge in [0.1, 0.15) is 5.82 Å². The molecule has 2 heterocycles. The minimum absolute atomic E-state index is 0.163. The number of ether oxygens (including phenoxy) is 1. The standard InChI is InChI=1S/C16H24N6O3S/c1-5-25-15(24)14(23)17-6-7-22-13-11(9-19-22)12(18-8-10(2)3)20-16(21-13)26-4/h9-10H,5-8H2,1-4H3,(H,17,23)(H,18,20,21). The number of carbonyl (C=O) groups excluding carboxylic acids is 2. The molecule has 0 aromatic carbocycles. The number of aromatic nitrogens is 4. The van der Waals surface area contributed by atoms with E-state index in [1.807, 2.05) is 6.26 Å². The lowest BCUT2D eigenvalue weighted by Gasteiger charge is -2.10. The maximum Gasteiger partial charge on any atom is 0.396 e. The fourth-order valence-electron chi connectivity index (χ4n) is 2.17. The summed E-state index contributed by atoms with van der Waals surface area (Å²) in [6.45, 7) is 7.46. The number of hydrogen-bond donors (Lipinski definition) is 2. The van der Waals surface area contributed by atoms with Crippen LogP contribution in [0.25, 0.3) is 11.0 Å². The summed E-state index contributed by atoms with van der Waals surface area (Å²) in [5.41, 5.74) is 0.681. The zero-order chi connectivity index (χ0) is 19.1. The summed E-state index contributed by atoms with van der Waals surface area (Å²) in [4.78, 5) is 31.9. The van der Waals surface area contributed by atoms with Gasteiger partial charge >= 0.3 is 11.9 Å². The van der Waals surface area contributed by atoms with Crippen molar-refractivity contribution in [1.29, 1.82) is 0 Å². The minimum atomic E-state index is -0.884. The number of rotatable bonds is 8. The van der Waals surface area contributed by atoms with Crippen molar-refractivity contribution in [2.45, 2.75) is 32.5 Å². The molecule has 0 aliphatic heterocycles. The first-order chi connectivity index (χ1) is 12.5. The van der Waals surface area contributed by atoms with Crippen LogP contribution in [0.3, 0.4) is 0 Å². The van der Waals surface area contributed by atoms with Gasteiger partial charge in [0, 0.05) is 13.1 Å². The molecular weight excluding hydrogens is 356 g/mol. The van der Waals surface area contributed by atoms with Crippen molar-refractivity contribution in [3.05, 3.63) is 6.20 Å². The first-order valence-electron chi connectivity index (χ1n) is 8.42. The van der Waals surface area contributed by atoms with E-state index < -0.39 is 11.9 Å². The van der Waals surface area contributed by atoms with E-state index in [-0.39, 0.29) is 13.2 Å². The number of amides is 1. The number of esters is 1. The molecule has 0 bridgehead atoms. The lowest BCUT2D eigenvalue weighted by molar-refractivity contribution is -0.154. The van der Waals surface area contributed by atoms with E-state index in [0.717, 1.165) is 17.7 Å².